The van der Waals surface area contributed by atoms with Gasteiger partial charge in [0.15, 0.2) is 0 Å². The number of nitro groups is 1. The molecule has 0 spiro atoms. The summed E-state index contributed by atoms with van der Waals surface area (Å²) >= 11 is 5.84. The van der Waals surface area contributed by atoms with E-state index in [2.05, 4.69) is 10.1 Å². The van der Waals surface area contributed by atoms with Crippen LogP contribution in [0.1, 0.15) is 35.7 Å². The van der Waals surface area contributed by atoms with Gasteiger partial charge in [0.2, 0.25) is 11.7 Å². The highest BCUT2D eigenvalue weighted by atomic mass is 35.5. The number of carbonyl (C=O) groups is 1. The van der Waals surface area contributed by atoms with Crippen molar-refractivity contribution < 1.29 is 14.2 Å². The van der Waals surface area contributed by atoms with Crippen molar-refractivity contribution in [2.45, 2.75) is 33.4 Å². The molecule has 0 unspecified atom stereocenters. The maximum Gasteiger partial charge on any atom is 0.288 e. The van der Waals surface area contributed by atoms with Crippen molar-refractivity contribution >= 4 is 23.2 Å². The number of benzene rings is 2. The molecule has 0 fully saturated rings. The Labute approximate surface area is 172 Å². The third kappa shape index (κ3) is 4.60. The predicted octanol–water partition coefficient (Wildman–Crippen LogP) is 4.66. The minimum absolute atomic E-state index is 0.0256. The van der Waals surface area contributed by atoms with Crippen LogP contribution in [0.5, 0.6) is 0 Å². The lowest BCUT2D eigenvalue weighted by Crippen LogP contribution is -2.36. The number of hydrogen-bond acceptors (Lipinski definition) is 6. The van der Waals surface area contributed by atoms with E-state index in [-0.39, 0.29) is 34.8 Å². The van der Waals surface area contributed by atoms with E-state index in [4.69, 9.17) is 16.1 Å². The number of carbonyl (C=O) groups excluding carboxylic acids is 1. The smallest absolute Gasteiger partial charge is 0.288 e. The molecule has 1 heterocycles. The summed E-state index contributed by atoms with van der Waals surface area (Å²) in [5, 5.41) is 15.1. The van der Waals surface area contributed by atoms with E-state index in [1.54, 1.807) is 0 Å². The fourth-order valence-corrected chi connectivity index (χ4v) is 2.99. The van der Waals surface area contributed by atoms with Crippen LogP contribution in [-0.4, -0.2) is 31.9 Å². The molecule has 0 aliphatic rings. The molecular formula is C20H19ClN4O4. The van der Waals surface area contributed by atoms with E-state index in [1.807, 2.05) is 45.0 Å². The Hall–Kier alpha value is -3.26. The summed E-state index contributed by atoms with van der Waals surface area (Å²) in [5.41, 5.74) is 1.72. The third-order valence-electron chi connectivity index (χ3n) is 4.32. The standard InChI is InChI=1S/C20H19ClN4O4/c1-12(2)24(20(26)15-7-8-16(21)17(10-15)25(27)28)11-18-22-19(23-29-18)14-6-4-5-13(3)9-14/h4-10,12H,11H2,1-3H3. The Bertz CT molecular complexity index is 1060. The van der Waals surface area contributed by atoms with Gasteiger partial charge in [0.1, 0.15) is 11.6 Å². The highest BCUT2D eigenvalue weighted by Gasteiger charge is 2.24. The van der Waals surface area contributed by atoms with Gasteiger partial charge in [0.05, 0.1) is 4.92 Å². The first-order valence-electron chi connectivity index (χ1n) is 8.91. The molecule has 0 bridgehead atoms. The molecule has 3 rings (SSSR count). The first-order valence-corrected chi connectivity index (χ1v) is 9.28. The van der Waals surface area contributed by atoms with Crippen molar-refractivity contribution in [2.24, 2.45) is 0 Å². The number of rotatable bonds is 6. The summed E-state index contributed by atoms with van der Waals surface area (Å²) < 4.78 is 5.32. The van der Waals surface area contributed by atoms with Crippen molar-refractivity contribution in [3.05, 3.63) is 74.6 Å². The molecule has 0 saturated heterocycles. The van der Waals surface area contributed by atoms with Crippen molar-refractivity contribution in [3.8, 4) is 11.4 Å². The molecule has 0 saturated carbocycles. The van der Waals surface area contributed by atoms with Crippen molar-refractivity contribution in [2.75, 3.05) is 0 Å². The second-order valence-corrected chi connectivity index (χ2v) is 7.24. The normalized spacial score (nSPS) is 10.9. The zero-order chi connectivity index (χ0) is 21.1. The first-order chi connectivity index (χ1) is 13.8. The predicted molar refractivity (Wildman–Crippen MR) is 108 cm³/mol. The van der Waals surface area contributed by atoms with E-state index < -0.39 is 10.8 Å². The molecule has 150 valence electrons. The second-order valence-electron chi connectivity index (χ2n) is 6.83. The third-order valence-corrected chi connectivity index (χ3v) is 4.64. The maximum atomic E-state index is 13.0. The lowest BCUT2D eigenvalue weighted by Gasteiger charge is -2.25. The molecule has 1 aromatic heterocycles. The Balaban J connectivity index is 1.85. The van der Waals surface area contributed by atoms with E-state index in [1.165, 1.54) is 23.1 Å². The second kappa shape index (κ2) is 8.40. The monoisotopic (exact) mass is 414 g/mol. The van der Waals surface area contributed by atoms with Crippen LogP contribution in [0.25, 0.3) is 11.4 Å². The number of hydrogen-bond donors (Lipinski definition) is 0. The summed E-state index contributed by atoms with van der Waals surface area (Å²) in [6, 6.07) is 11.4. The van der Waals surface area contributed by atoms with Gasteiger partial charge in [-0.1, -0.05) is 40.5 Å². The van der Waals surface area contributed by atoms with Gasteiger partial charge < -0.3 is 9.42 Å². The van der Waals surface area contributed by atoms with Crippen molar-refractivity contribution in [1.29, 1.82) is 0 Å². The summed E-state index contributed by atoms with van der Waals surface area (Å²) in [6.07, 6.45) is 0. The first kappa shape index (κ1) is 20.5. The summed E-state index contributed by atoms with van der Waals surface area (Å²) in [4.78, 5) is 29.3. The molecule has 0 aliphatic carbocycles. The number of halogens is 1. The van der Waals surface area contributed by atoms with Gasteiger partial charge in [-0.3, -0.25) is 14.9 Å². The lowest BCUT2D eigenvalue weighted by molar-refractivity contribution is -0.384. The SMILES string of the molecule is Cc1cccc(-c2noc(CN(C(=O)c3ccc(Cl)c([N+](=O)[O-])c3)C(C)C)n2)c1. The van der Waals surface area contributed by atoms with Crippen molar-refractivity contribution in [3.63, 3.8) is 0 Å². The average Bonchev–Trinajstić information content (AvgIpc) is 3.14. The molecule has 3 aromatic rings. The fraction of sp³-hybridized carbons (Fsp3) is 0.250. The lowest BCUT2D eigenvalue weighted by atomic mass is 10.1. The Morgan fingerprint density at radius 1 is 1.28 bits per heavy atom. The maximum absolute atomic E-state index is 13.0. The van der Waals surface area contributed by atoms with Crippen molar-refractivity contribution in [1.82, 2.24) is 15.0 Å². The number of nitro benzene ring substituents is 1. The molecule has 1 amide bonds. The van der Waals surface area contributed by atoms with Gasteiger partial charge >= 0.3 is 0 Å². The highest BCUT2D eigenvalue weighted by molar-refractivity contribution is 6.32. The van der Waals surface area contributed by atoms with Crippen LogP contribution in [0.4, 0.5) is 5.69 Å². The number of nitrogens with zero attached hydrogens (tertiary/aromatic N) is 4. The van der Waals surface area contributed by atoms with Gasteiger partial charge in [-0.05, 0) is 39.0 Å². The van der Waals surface area contributed by atoms with Crippen LogP contribution in [0.15, 0.2) is 47.0 Å². The van der Waals surface area contributed by atoms with Crippen LogP contribution in [0.3, 0.4) is 0 Å². The average molecular weight is 415 g/mol. The number of aromatic nitrogens is 2. The van der Waals surface area contributed by atoms with E-state index in [0.29, 0.717) is 5.82 Å². The Morgan fingerprint density at radius 3 is 2.69 bits per heavy atom. The molecule has 0 atom stereocenters. The summed E-state index contributed by atoms with van der Waals surface area (Å²) in [5.74, 6) is 0.309. The van der Waals surface area contributed by atoms with Crippen LogP contribution in [-0.2, 0) is 6.54 Å². The van der Waals surface area contributed by atoms with E-state index in [9.17, 15) is 14.9 Å². The minimum atomic E-state index is -0.620. The van der Waals surface area contributed by atoms with Crippen LogP contribution < -0.4 is 0 Å². The zero-order valence-electron chi connectivity index (χ0n) is 16.1. The molecule has 0 aliphatic heterocycles. The molecule has 0 radical (unpaired) electrons. The molecule has 29 heavy (non-hydrogen) atoms. The molecule has 0 N–H and O–H groups in total. The van der Waals surface area contributed by atoms with Crippen LogP contribution >= 0.6 is 11.6 Å². The molecule has 9 heteroatoms. The van der Waals surface area contributed by atoms with E-state index >= 15 is 0 Å². The van der Waals surface area contributed by atoms with Crippen LogP contribution in [0, 0.1) is 17.0 Å². The van der Waals surface area contributed by atoms with Gasteiger partial charge in [-0.25, -0.2) is 0 Å². The van der Waals surface area contributed by atoms with Gasteiger partial charge in [0.25, 0.3) is 11.6 Å². The summed E-state index contributed by atoms with van der Waals surface area (Å²) in [6.45, 7) is 5.71. The Morgan fingerprint density at radius 2 is 2.03 bits per heavy atom. The van der Waals surface area contributed by atoms with Gasteiger partial charge in [0, 0.05) is 23.2 Å². The summed E-state index contributed by atoms with van der Waals surface area (Å²) in [7, 11) is 0. The van der Waals surface area contributed by atoms with E-state index in [0.717, 1.165) is 11.1 Å². The quantitative estimate of drug-likeness (QED) is 0.429. The molecular weight excluding hydrogens is 396 g/mol. The van der Waals surface area contributed by atoms with Gasteiger partial charge in [-0.2, -0.15) is 4.98 Å². The minimum Gasteiger partial charge on any atom is -0.337 e. The molecule has 2 aromatic carbocycles. The topological polar surface area (TPSA) is 102 Å². The zero-order valence-corrected chi connectivity index (χ0v) is 16.9. The number of aryl methyl sites for hydroxylation is 1. The molecule has 8 nitrogen and oxygen atoms in total. The fourth-order valence-electron chi connectivity index (χ4n) is 2.81. The van der Waals surface area contributed by atoms with Crippen LogP contribution in [0.2, 0.25) is 5.02 Å². The largest absolute Gasteiger partial charge is 0.337 e. The number of amides is 1. The Kier molecular flexibility index (Phi) is 5.93. The van der Waals surface area contributed by atoms with Gasteiger partial charge in [-0.15, -0.1) is 0 Å². The highest BCUT2D eigenvalue weighted by Crippen LogP contribution is 2.26.